The van der Waals surface area contributed by atoms with Gasteiger partial charge < -0.3 is 5.32 Å². The van der Waals surface area contributed by atoms with Crippen molar-refractivity contribution in [1.29, 1.82) is 0 Å². The summed E-state index contributed by atoms with van der Waals surface area (Å²) in [6, 6.07) is 8.53. The van der Waals surface area contributed by atoms with Crippen LogP contribution in [0.5, 0.6) is 0 Å². The van der Waals surface area contributed by atoms with Gasteiger partial charge in [-0.1, -0.05) is 38.1 Å². The van der Waals surface area contributed by atoms with Crippen molar-refractivity contribution in [3.8, 4) is 0 Å². The Hall–Kier alpha value is -1.40. The van der Waals surface area contributed by atoms with Gasteiger partial charge in [-0.2, -0.15) is 0 Å². The molecule has 1 aliphatic carbocycles. The van der Waals surface area contributed by atoms with Crippen LogP contribution in [-0.2, 0) is 14.8 Å². The summed E-state index contributed by atoms with van der Waals surface area (Å²) in [4.78, 5) is 12.2. The number of hydrogen-bond acceptors (Lipinski definition) is 3. The van der Waals surface area contributed by atoms with Crippen LogP contribution in [0.25, 0.3) is 0 Å². The predicted molar refractivity (Wildman–Crippen MR) is 99.0 cm³/mol. The molecule has 138 valence electrons. The summed E-state index contributed by atoms with van der Waals surface area (Å²) in [7, 11) is -3.12. The molecule has 1 saturated heterocycles. The Morgan fingerprint density at radius 3 is 2.64 bits per heavy atom. The first-order valence-electron chi connectivity index (χ1n) is 9.22. The highest BCUT2D eigenvalue weighted by Crippen LogP contribution is 2.44. The molecule has 1 fully saturated rings. The standard InChI is InChI=1S/C19H28N2O3S/c1-14(2)18-12-15(16-6-3-4-7-17(16)18)13-20-19(22)8-10-21-9-5-11-25(21,23)24/h3-4,6-7,14-15,18H,5,8-13H2,1-2H3,(H,20,22)/t15-,18-/m0/s1. The van der Waals surface area contributed by atoms with Gasteiger partial charge in [0.2, 0.25) is 15.9 Å². The van der Waals surface area contributed by atoms with Gasteiger partial charge in [0, 0.05) is 32.0 Å². The lowest BCUT2D eigenvalue weighted by Gasteiger charge is -2.17. The number of sulfonamides is 1. The first-order chi connectivity index (χ1) is 11.9. The van der Waals surface area contributed by atoms with Gasteiger partial charge in [0.05, 0.1) is 5.75 Å². The van der Waals surface area contributed by atoms with Crippen LogP contribution in [-0.4, -0.2) is 44.0 Å². The normalized spacial score (nSPS) is 25.2. The third-order valence-electron chi connectivity index (χ3n) is 5.52. The second-order valence-corrected chi connectivity index (χ2v) is 9.62. The molecule has 1 aromatic rings. The van der Waals surface area contributed by atoms with Crippen molar-refractivity contribution in [2.45, 2.75) is 44.9 Å². The molecule has 2 aliphatic rings. The molecule has 1 N–H and O–H groups in total. The summed E-state index contributed by atoms with van der Waals surface area (Å²) in [5, 5.41) is 3.02. The summed E-state index contributed by atoms with van der Waals surface area (Å²) in [5.74, 6) is 1.63. The van der Waals surface area contributed by atoms with Crippen LogP contribution in [0.1, 0.15) is 56.1 Å². The number of amides is 1. The number of carbonyl (C=O) groups excluding carboxylic acids is 1. The molecule has 25 heavy (non-hydrogen) atoms. The molecule has 0 spiro atoms. The fourth-order valence-corrected chi connectivity index (χ4v) is 5.63. The molecular weight excluding hydrogens is 336 g/mol. The van der Waals surface area contributed by atoms with Gasteiger partial charge in [-0.25, -0.2) is 12.7 Å². The first kappa shape index (κ1) is 18.4. The number of carbonyl (C=O) groups is 1. The molecular formula is C19H28N2O3S. The molecule has 0 saturated carbocycles. The molecule has 2 atom stereocenters. The average Bonchev–Trinajstić information content (AvgIpc) is 3.11. The minimum atomic E-state index is -3.12. The fraction of sp³-hybridized carbons (Fsp3) is 0.632. The molecule has 0 radical (unpaired) electrons. The second kappa shape index (κ2) is 7.46. The van der Waals surface area contributed by atoms with Crippen molar-refractivity contribution in [2.24, 2.45) is 5.92 Å². The fourth-order valence-electron chi connectivity index (χ4n) is 4.10. The first-order valence-corrected chi connectivity index (χ1v) is 10.8. The van der Waals surface area contributed by atoms with E-state index in [4.69, 9.17) is 0 Å². The maximum Gasteiger partial charge on any atom is 0.221 e. The summed E-state index contributed by atoms with van der Waals surface area (Å²) < 4.78 is 25.0. The zero-order chi connectivity index (χ0) is 18.0. The van der Waals surface area contributed by atoms with E-state index in [9.17, 15) is 13.2 Å². The van der Waals surface area contributed by atoms with E-state index < -0.39 is 10.0 Å². The van der Waals surface area contributed by atoms with Crippen LogP contribution < -0.4 is 5.32 Å². The molecule has 5 nitrogen and oxygen atoms in total. The van der Waals surface area contributed by atoms with Crippen molar-refractivity contribution in [2.75, 3.05) is 25.4 Å². The number of benzene rings is 1. The maximum absolute atomic E-state index is 12.2. The van der Waals surface area contributed by atoms with Crippen molar-refractivity contribution >= 4 is 15.9 Å². The predicted octanol–water partition coefficient (Wildman–Crippen LogP) is 2.46. The Balaban J connectivity index is 1.53. The van der Waals surface area contributed by atoms with E-state index in [1.807, 2.05) is 0 Å². The smallest absolute Gasteiger partial charge is 0.221 e. The van der Waals surface area contributed by atoms with E-state index in [1.165, 1.54) is 15.4 Å². The minimum absolute atomic E-state index is 0.0624. The molecule has 0 aromatic heterocycles. The monoisotopic (exact) mass is 364 g/mol. The van der Waals surface area contributed by atoms with Crippen LogP contribution in [0.15, 0.2) is 24.3 Å². The van der Waals surface area contributed by atoms with Crippen LogP contribution in [0.4, 0.5) is 0 Å². The molecule has 1 heterocycles. The van der Waals surface area contributed by atoms with Crippen LogP contribution in [0, 0.1) is 5.92 Å². The lowest BCUT2D eigenvalue weighted by atomic mass is 9.90. The van der Waals surface area contributed by atoms with Crippen molar-refractivity contribution in [3.63, 3.8) is 0 Å². The van der Waals surface area contributed by atoms with E-state index in [2.05, 4.69) is 43.4 Å². The summed E-state index contributed by atoms with van der Waals surface area (Å²) in [6.45, 7) is 5.97. The summed E-state index contributed by atoms with van der Waals surface area (Å²) in [5.41, 5.74) is 2.77. The topological polar surface area (TPSA) is 66.5 Å². The molecule has 1 amide bonds. The molecule has 1 aromatic carbocycles. The van der Waals surface area contributed by atoms with Crippen LogP contribution >= 0.6 is 0 Å². The number of rotatable bonds is 6. The molecule has 1 aliphatic heterocycles. The van der Waals surface area contributed by atoms with Crippen molar-refractivity contribution in [1.82, 2.24) is 9.62 Å². The number of nitrogens with one attached hydrogen (secondary N) is 1. The Bertz CT molecular complexity index is 730. The quantitative estimate of drug-likeness (QED) is 0.843. The third-order valence-corrected chi connectivity index (χ3v) is 7.47. The summed E-state index contributed by atoms with van der Waals surface area (Å²) >= 11 is 0. The number of hydrogen-bond donors (Lipinski definition) is 1. The molecule has 3 rings (SSSR count). The van der Waals surface area contributed by atoms with Crippen molar-refractivity contribution < 1.29 is 13.2 Å². The Morgan fingerprint density at radius 2 is 2.00 bits per heavy atom. The van der Waals surface area contributed by atoms with E-state index >= 15 is 0 Å². The number of fused-ring (bicyclic) bond motifs is 1. The highest BCUT2D eigenvalue weighted by Gasteiger charge is 2.32. The number of nitrogens with zero attached hydrogens (tertiary/aromatic N) is 1. The van der Waals surface area contributed by atoms with Gasteiger partial charge in [-0.05, 0) is 35.8 Å². The second-order valence-electron chi connectivity index (χ2n) is 7.53. The SMILES string of the molecule is CC(C)[C@@H]1C[C@@H](CNC(=O)CCN2CCCS2(=O)=O)c2ccccc21. The van der Waals surface area contributed by atoms with E-state index in [0.717, 1.165) is 6.42 Å². The maximum atomic E-state index is 12.2. The summed E-state index contributed by atoms with van der Waals surface area (Å²) in [6.07, 6.45) is 1.97. The van der Waals surface area contributed by atoms with Crippen LogP contribution in [0.2, 0.25) is 0 Å². The Labute approximate surface area is 150 Å². The Morgan fingerprint density at radius 1 is 1.28 bits per heavy atom. The van der Waals surface area contributed by atoms with E-state index in [1.54, 1.807) is 0 Å². The Kier molecular flexibility index (Phi) is 5.49. The molecule has 0 unspecified atom stereocenters. The van der Waals surface area contributed by atoms with Gasteiger partial charge in [0.15, 0.2) is 0 Å². The van der Waals surface area contributed by atoms with Gasteiger partial charge >= 0.3 is 0 Å². The van der Waals surface area contributed by atoms with Gasteiger partial charge in [0.25, 0.3) is 0 Å². The van der Waals surface area contributed by atoms with E-state index in [-0.39, 0.29) is 18.1 Å². The van der Waals surface area contributed by atoms with Gasteiger partial charge in [0.1, 0.15) is 0 Å². The molecule has 0 bridgehead atoms. The lowest BCUT2D eigenvalue weighted by Crippen LogP contribution is -2.33. The van der Waals surface area contributed by atoms with Crippen LogP contribution in [0.3, 0.4) is 0 Å². The minimum Gasteiger partial charge on any atom is -0.355 e. The highest BCUT2D eigenvalue weighted by molar-refractivity contribution is 7.89. The van der Waals surface area contributed by atoms with E-state index in [0.29, 0.717) is 43.8 Å². The lowest BCUT2D eigenvalue weighted by molar-refractivity contribution is -0.121. The van der Waals surface area contributed by atoms with Crippen molar-refractivity contribution in [3.05, 3.63) is 35.4 Å². The highest BCUT2D eigenvalue weighted by atomic mass is 32.2. The zero-order valence-corrected chi connectivity index (χ0v) is 15.9. The van der Waals surface area contributed by atoms with Gasteiger partial charge in [-0.3, -0.25) is 4.79 Å². The zero-order valence-electron chi connectivity index (χ0n) is 15.1. The third kappa shape index (κ3) is 4.06. The van der Waals surface area contributed by atoms with Gasteiger partial charge in [-0.15, -0.1) is 0 Å². The largest absolute Gasteiger partial charge is 0.355 e. The molecule has 6 heteroatoms. The average molecular weight is 365 g/mol.